The normalized spacial score (nSPS) is 22.2. The van der Waals surface area contributed by atoms with E-state index < -0.39 is 49.3 Å². The number of aryl methyl sites for hydroxylation is 1. The number of aliphatic carboxylic acids is 1. The third-order valence-corrected chi connectivity index (χ3v) is 6.14. The van der Waals surface area contributed by atoms with Gasteiger partial charge in [-0.1, -0.05) is 43.7 Å². The Kier molecular flexibility index (Phi) is 7.86. The SMILES string of the molecule is Cc1ccc(CNc2ncnc3c2ncn3[C@@H]2O[C@H](COC(=O)N[C@H](C(=O)O)C(C)C)[C@H](O)C2O)cc1. The molecule has 5 atom stereocenters. The van der Waals surface area contributed by atoms with Crippen LogP contribution in [0.5, 0.6) is 0 Å². The fraction of sp³-hybridized carbons (Fsp3) is 0.458. The average molecular weight is 515 g/mol. The van der Waals surface area contributed by atoms with Crippen LogP contribution in [0.1, 0.15) is 31.2 Å². The zero-order chi connectivity index (χ0) is 26.7. The van der Waals surface area contributed by atoms with Gasteiger partial charge in [-0.3, -0.25) is 4.57 Å². The quantitative estimate of drug-likeness (QED) is 0.277. The topological polar surface area (TPSA) is 181 Å². The summed E-state index contributed by atoms with van der Waals surface area (Å²) in [7, 11) is 0. The van der Waals surface area contributed by atoms with Gasteiger partial charge in [0.25, 0.3) is 0 Å². The highest BCUT2D eigenvalue weighted by atomic mass is 16.6. The number of carbonyl (C=O) groups is 2. The summed E-state index contributed by atoms with van der Waals surface area (Å²) in [6, 6.07) is 6.92. The van der Waals surface area contributed by atoms with Crippen molar-refractivity contribution in [2.75, 3.05) is 11.9 Å². The fourth-order valence-corrected chi connectivity index (χ4v) is 4.00. The third-order valence-electron chi connectivity index (χ3n) is 6.14. The Hall–Kier alpha value is -3.81. The molecule has 0 spiro atoms. The maximum absolute atomic E-state index is 12.1. The van der Waals surface area contributed by atoms with Gasteiger partial charge in [0, 0.05) is 6.54 Å². The summed E-state index contributed by atoms with van der Waals surface area (Å²) in [4.78, 5) is 36.2. The second-order valence-electron chi connectivity index (χ2n) is 9.23. The number of aliphatic hydroxyl groups excluding tert-OH is 2. The molecule has 1 aromatic carbocycles. The van der Waals surface area contributed by atoms with E-state index in [-0.39, 0.29) is 5.92 Å². The maximum Gasteiger partial charge on any atom is 0.407 e. The van der Waals surface area contributed by atoms with Crippen LogP contribution < -0.4 is 10.6 Å². The zero-order valence-corrected chi connectivity index (χ0v) is 20.6. The smallest absolute Gasteiger partial charge is 0.407 e. The van der Waals surface area contributed by atoms with Gasteiger partial charge in [0.2, 0.25) is 0 Å². The van der Waals surface area contributed by atoms with E-state index in [0.717, 1.165) is 11.1 Å². The lowest BCUT2D eigenvalue weighted by molar-refractivity contribution is -0.140. The molecule has 1 fully saturated rings. The molecule has 3 heterocycles. The Morgan fingerprint density at radius 3 is 2.54 bits per heavy atom. The molecule has 1 aliphatic rings. The lowest BCUT2D eigenvalue weighted by Gasteiger charge is -2.19. The molecule has 0 saturated carbocycles. The van der Waals surface area contributed by atoms with Crippen molar-refractivity contribution >= 4 is 29.0 Å². The minimum atomic E-state index is -1.38. The molecule has 0 radical (unpaired) electrons. The number of rotatable bonds is 9. The van der Waals surface area contributed by atoms with E-state index in [2.05, 4.69) is 25.6 Å². The highest BCUT2D eigenvalue weighted by molar-refractivity contribution is 5.82. The largest absolute Gasteiger partial charge is 0.480 e. The standard InChI is InChI=1S/C24H30N6O7/c1-12(2)16(23(33)34)29-24(35)36-9-15-18(31)19(32)22(37-15)30-11-28-17-20(26-10-27-21(17)30)25-8-14-6-4-13(3)5-7-14/h4-7,10-12,15-16,18-19,22,31-32H,8-9H2,1-3H3,(H,29,35)(H,33,34)(H,25,26,27)/t15-,16+,18+,19?,22-/m1/s1. The first kappa shape index (κ1) is 26.3. The molecule has 1 saturated heterocycles. The second kappa shape index (κ2) is 11.1. The molecule has 1 aliphatic heterocycles. The number of benzene rings is 1. The predicted octanol–water partition coefficient (Wildman–Crippen LogP) is 1.20. The van der Waals surface area contributed by atoms with Crippen LogP contribution in [-0.4, -0.2) is 77.9 Å². The molecule has 0 bridgehead atoms. The lowest BCUT2D eigenvalue weighted by atomic mass is 10.1. The molecule has 37 heavy (non-hydrogen) atoms. The summed E-state index contributed by atoms with van der Waals surface area (Å²) in [6.07, 6.45) is -3.06. The average Bonchev–Trinajstić information content (AvgIpc) is 3.41. The molecule has 198 valence electrons. The summed E-state index contributed by atoms with van der Waals surface area (Å²) < 4.78 is 12.3. The number of hydrogen-bond acceptors (Lipinski definition) is 10. The molecule has 1 amide bonds. The van der Waals surface area contributed by atoms with Crippen LogP contribution in [0.2, 0.25) is 0 Å². The van der Waals surface area contributed by atoms with Crippen molar-refractivity contribution in [1.29, 1.82) is 0 Å². The maximum atomic E-state index is 12.1. The number of carboxylic acids is 1. The van der Waals surface area contributed by atoms with Gasteiger partial charge in [-0.15, -0.1) is 0 Å². The van der Waals surface area contributed by atoms with Crippen molar-refractivity contribution in [2.24, 2.45) is 5.92 Å². The Bertz CT molecular complexity index is 1250. The number of aromatic nitrogens is 4. The molecule has 4 rings (SSSR count). The number of ether oxygens (including phenoxy) is 2. The van der Waals surface area contributed by atoms with E-state index in [4.69, 9.17) is 9.47 Å². The Labute approximate surface area is 212 Å². The van der Waals surface area contributed by atoms with Gasteiger partial charge in [0.1, 0.15) is 37.3 Å². The number of fused-ring (bicyclic) bond motifs is 1. The van der Waals surface area contributed by atoms with Crippen LogP contribution in [0, 0.1) is 12.8 Å². The van der Waals surface area contributed by atoms with Crippen molar-refractivity contribution in [3.8, 4) is 0 Å². The fourth-order valence-electron chi connectivity index (χ4n) is 4.00. The number of nitrogens with one attached hydrogen (secondary N) is 2. The summed E-state index contributed by atoms with van der Waals surface area (Å²) in [5, 5.41) is 35.8. The van der Waals surface area contributed by atoms with Crippen LogP contribution in [0.25, 0.3) is 11.2 Å². The molecular weight excluding hydrogens is 484 g/mol. The van der Waals surface area contributed by atoms with Gasteiger partial charge in [-0.05, 0) is 18.4 Å². The highest BCUT2D eigenvalue weighted by Gasteiger charge is 2.45. The number of imidazole rings is 1. The first-order valence-corrected chi connectivity index (χ1v) is 11.8. The van der Waals surface area contributed by atoms with Gasteiger partial charge in [-0.2, -0.15) is 0 Å². The van der Waals surface area contributed by atoms with Gasteiger partial charge >= 0.3 is 12.1 Å². The Morgan fingerprint density at radius 1 is 1.14 bits per heavy atom. The minimum absolute atomic E-state index is 0.364. The van der Waals surface area contributed by atoms with Crippen molar-refractivity contribution in [3.63, 3.8) is 0 Å². The lowest BCUT2D eigenvalue weighted by Crippen LogP contribution is -2.45. The molecule has 3 aromatic rings. The first-order chi connectivity index (χ1) is 17.7. The highest BCUT2D eigenvalue weighted by Crippen LogP contribution is 2.32. The van der Waals surface area contributed by atoms with Crippen LogP contribution in [-0.2, 0) is 20.8 Å². The number of carbonyl (C=O) groups excluding carboxylic acids is 1. The zero-order valence-electron chi connectivity index (χ0n) is 20.6. The number of anilines is 1. The van der Waals surface area contributed by atoms with E-state index in [1.54, 1.807) is 13.8 Å². The van der Waals surface area contributed by atoms with Gasteiger partial charge in [0.15, 0.2) is 23.2 Å². The number of carboxylic acid groups (broad SMARTS) is 1. The molecule has 2 aromatic heterocycles. The Morgan fingerprint density at radius 2 is 1.86 bits per heavy atom. The number of hydrogen-bond donors (Lipinski definition) is 5. The molecular formula is C24H30N6O7. The van der Waals surface area contributed by atoms with E-state index in [1.807, 2.05) is 31.2 Å². The number of nitrogens with zero attached hydrogens (tertiary/aromatic N) is 4. The van der Waals surface area contributed by atoms with Gasteiger partial charge < -0.3 is 35.4 Å². The number of amides is 1. The molecule has 5 N–H and O–H groups in total. The van der Waals surface area contributed by atoms with Crippen LogP contribution >= 0.6 is 0 Å². The summed E-state index contributed by atoms with van der Waals surface area (Å²) in [5.41, 5.74) is 3.04. The summed E-state index contributed by atoms with van der Waals surface area (Å²) in [6.45, 7) is 5.41. The van der Waals surface area contributed by atoms with Crippen molar-refractivity contribution in [2.45, 2.75) is 57.9 Å². The van der Waals surface area contributed by atoms with Crippen molar-refractivity contribution in [3.05, 3.63) is 48.0 Å². The number of aliphatic hydroxyl groups is 2. The molecule has 1 unspecified atom stereocenters. The van der Waals surface area contributed by atoms with E-state index in [1.165, 1.54) is 17.2 Å². The van der Waals surface area contributed by atoms with E-state index in [9.17, 15) is 24.9 Å². The van der Waals surface area contributed by atoms with E-state index >= 15 is 0 Å². The predicted molar refractivity (Wildman–Crippen MR) is 130 cm³/mol. The third kappa shape index (κ3) is 5.79. The summed E-state index contributed by atoms with van der Waals surface area (Å²) in [5.74, 6) is -1.06. The first-order valence-electron chi connectivity index (χ1n) is 11.8. The molecule has 13 heteroatoms. The number of alkyl carbamates (subject to hydrolysis) is 1. The Balaban J connectivity index is 1.42. The van der Waals surface area contributed by atoms with E-state index in [0.29, 0.717) is 23.5 Å². The van der Waals surface area contributed by atoms with Crippen molar-refractivity contribution in [1.82, 2.24) is 24.8 Å². The molecule has 0 aliphatic carbocycles. The van der Waals surface area contributed by atoms with Gasteiger partial charge in [-0.25, -0.2) is 24.5 Å². The van der Waals surface area contributed by atoms with Crippen molar-refractivity contribution < 1.29 is 34.4 Å². The minimum Gasteiger partial charge on any atom is -0.480 e. The van der Waals surface area contributed by atoms with Crippen LogP contribution in [0.4, 0.5) is 10.6 Å². The molecule has 13 nitrogen and oxygen atoms in total. The summed E-state index contributed by atoms with van der Waals surface area (Å²) >= 11 is 0. The van der Waals surface area contributed by atoms with Crippen LogP contribution in [0.15, 0.2) is 36.9 Å². The van der Waals surface area contributed by atoms with Gasteiger partial charge in [0.05, 0.1) is 6.33 Å². The van der Waals surface area contributed by atoms with Crippen LogP contribution in [0.3, 0.4) is 0 Å². The second-order valence-corrected chi connectivity index (χ2v) is 9.23. The monoisotopic (exact) mass is 514 g/mol.